The van der Waals surface area contributed by atoms with Crippen LogP contribution in [-0.4, -0.2) is 52.4 Å². The number of hydrogen-bond donors (Lipinski definition) is 2. The summed E-state index contributed by atoms with van der Waals surface area (Å²) in [4.78, 5) is 34.5. The van der Waals surface area contributed by atoms with E-state index >= 15 is 0 Å². The number of nitrogens with zero attached hydrogens (tertiary/aromatic N) is 1. The van der Waals surface area contributed by atoms with E-state index in [2.05, 4.69) is 0 Å². The fourth-order valence-electron chi connectivity index (χ4n) is 2.50. The highest BCUT2D eigenvalue weighted by molar-refractivity contribution is 7.94. The average molecular weight is 288 g/mol. The molecule has 9 heteroatoms. The van der Waals surface area contributed by atoms with Crippen LogP contribution in [0.4, 0.5) is 0 Å². The van der Waals surface area contributed by atoms with Crippen LogP contribution in [0.25, 0.3) is 0 Å². The molecule has 0 spiro atoms. The number of carbonyl (C=O) groups excluding carboxylic acids is 2. The van der Waals surface area contributed by atoms with Gasteiger partial charge in [0, 0.05) is 6.08 Å². The summed E-state index contributed by atoms with van der Waals surface area (Å²) in [5.74, 6) is -3.14. The molecule has 2 aliphatic rings. The van der Waals surface area contributed by atoms with Crippen LogP contribution in [0.2, 0.25) is 0 Å². The van der Waals surface area contributed by atoms with E-state index in [1.807, 2.05) is 0 Å². The van der Waals surface area contributed by atoms with Gasteiger partial charge in [-0.15, -0.1) is 0 Å². The number of carboxylic acid groups (broad SMARTS) is 1. The highest BCUT2D eigenvalue weighted by atomic mass is 32.2. The second-order valence-corrected chi connectivity index (χ2v) is 7.54. The Morgan fingerprint density at radius 1 is 1.42 bits per heavy atom. The first-order chi connectivity index (χ1) is 8.53. The molecule has 0 bridgehead atoms. The lowest BCUT2D eigenvalue weighted by atomic mass is 9.95. The Hall–Kier alpha value is -1.90. The SMILES string of the molecule is CC1(C)[C@H](C(=O)O)N2C(=O)/C(=C/C(N)=O)[C@H]2S1(=O)=O. The molecule has 0 aromatic rings. The van der Waals surface area contributed by atoms with E-state index in [1.165, 1.54) is 13.8 Å². The molecule has 2 saturated heterocycles. The van der Waals surface area contributed by atoms with Crippen LogP contribution in [0.3, 0.4) is 0 Å². The second-order valence-electron chi connectivity index (χ2n) is 4.96. The van der Waals surface area contributed by atoms with Gasteiger partial charge in [0.05, 0.1) is 5.57 Å². The van der Waals surface area contributed by atoms with Crippen molar-refractivity contribution in [2.24, 2.45) is 5.73 Å². The molecule has 0 aliphatic carbocycles. The maximum absolute atomic E-state index is 12.3. The molecular weight excluding hydrogens is 276 g/mol. The summed E-state index contributed by atoms with van der Waals surface area (Å²) in [6, 6.07) is -1.47. The van der Waals surface area contributed by atoms with E-state index in [1.54, 1.807) is 0 Å². The maximum Gasteiger partial charge on any atom is 0.328 e. The zero-order chi connectivity index (χ0) is 14.7. The number of primary amides is 1. The Labute approximate surface area is 108 Å². The summed E-state index contributed by atoms with van der Waals surface area (Å²) in [6.07, 6.45) is 0.737. The van der Waals surface area contributed by atoms with Crippen molar-refractivity contribution >= 4 is 27.6 Å². The minimum Gasteiger partial charge on any atom is -0.480 e. The zero-order valence-corrected chi connectivity index (χ0v) is 11.0. The molecule has 2 heterocycles. The largest absolute Gasteiger partial charge is 0.480 e. The normalized spacial score (nSPS) is 32.8. The third-order valence-electron chi connectivity index (χ3n) is 3.50. The van der Waals surface area contributed by atoms with Crippen molar-refractivity contribution in [1.29, 1.82) is 0 Å². The first-order valence-electron chi connectivity index (χ1n) is 5.33. The number of β-lactam (4-membered cyclic amide) rings is 1. The Morgan fingerprint density at radius 2 is 1.95 bits per heavy atom. The summed E-state index contributed by atoms with van der Waals surface area (Å²) in [5.41, 5.74) is 4.63. The highest BCUT2D eigenvalue weighted by Crippen LogP contribution is 2.48. The van der Waals surface area contributed by atoms with Gasteiger partial charge in [0.25, 0.3) is 5.91 Å². The van der Waals surface area contributed by atoms with Crippen molar-refractivity contribution in [3.63, 3.8) is 0 Å². The molecule has 19 heavy (non-hydrogen) atoms. The van der Waals surface area contributed by atoms with Crippen LogP contribution in [0, 0.1) is 0 Å². The smallest absolute Gasteiger partial charge is 0.328 e. The molecule has 0 unspecified atom stereocenters. The summed E-state index contributed by atoms with van der Waals surface area (Å²) in [5, 5.41) is 7.72. The first kappa shape index (κ1) is 13.5. The lowest BCUT2D eigenvalue weighted by Gasteiger charge is -2.37. The molecular formula is C10H12N2O6S. The molecule has 0 aromatic carbocycles. The monoisotopic (exact) mass is 288 g/mol. The van der Waals surface area contributed by atoms with Crippen LogP contribution < -0.4 is 5.73 Å². The number of sulfone groups is 1. The molecule has 2 atom stereocenters. The number of amides is 2. The quantitative estimate of drug-likeness (QED) is 0.456. The second kappa shape index (κ2) is 3.56. The van der Waals surface area contributed by atoms with E-state index in [0.29, 0.717) is 0 Å². The minimum absolute atomic E-state index is 0.274. The van der Waals surface area contributed by atoms with Gasteiger partial charge in [0.2, 0.25) is 5.91 Å². The zero-order valence-electron chi connectivity index (χ0n) is 10.2. The van der Waals surface area contributed by atoms with Gasteiger partial charge >= 0.3 is 5.97 Å². The Bertz CT molecular complexity index is 632. The molecule has 0 aromatic heterocycles. The number of rotatable bonds is 2. The Morgan fingerprint density at radius 3 is 2.37 bits per heavy atom. The van der Waals surface area contributed by atoms with Crippen molar-refractivity contribution < 1.29 is 27.9 Å². The number of carbonyl (C=O) groups is 3. The number of nitrogens with two attached hydrogens (primary N) is 1. The van der Waals surface area contributed by atoms with E-state index < -0.39 is 43.8 Å². The fourth-order valence-corrected chi connectivity index (χ4v) is 4.62. The lowest BCUT2D eigenvalue weighted by Crippen LogP contribution is -2.59. The van der Waals surface area contributed by atoms with Crippen LogP contribution in [0.1, 0.15) is 13.8 Å². The fraction of sp³-hybridized carbons (Fsp3) is 0.500. The molecule has 0 saturated carbocycles. The third kappa shape index (κ3) is 1.44. The van der Waals surface area contributed by atoms with Crippen molar-refractivity contribution in [2.75, 3.05) is 0 Å². The van der Waals surface area contributed by atoms with Gasteiger partial charge < -0.3 is 15.7 Å². The Balaban J connectivity index is 2.61. The van der Waals surface area contributed by atoms with E-state index in [0.717, 1.165) is 11.0 Å². The van der Waals surface area contributed by atoms with Gasteiger partial charge in [0.1, 0.15) is 4.75 Å². The molecule has 2 aliphatic heterocycles. The molecule has 8 nitrogen and oxygen atoms in total. The van der Waals surface area contributed by atoms with Crippen LogP contribution in [0.5, 0.6) is 0 Å². The highest BCUT2D eigenvalue weighted by Gasteiger charge is 2.70. The number of hydrogen-bond acceptors (Lipinski definition) is 5. The molecule has 2 rings (SSSR count). The van der Waals surface area contributed by atoms with E-state index in [-0.39, 0.29) is 5.57 Å². The molecule has 3 N–H and O–H groups in total. The predicted molar refractivity (Wildman–Crippen MR) is 62.3 cm³/mol. The van der Waals surface area contributed by atoms with Gasteiger partial charge in [-0.2, -0.15) is 0 Å². The summed E-state index contributed by atoms with van der Waals surface area (Å²) in [6.45, 7) is 2.49. The van der Waals surface area contributed by atoms with Gasteiger partial charge in [-0.25, -0.2) is 13.2 Å². The van der Waals surface area contributed by atoms with Gasteiger partial charge in [-0.1, -0.05) is 0 Å². The first-order valence-corrected chi connectivity index (χ1v) is 6.88. The lowest BCUT2D eigenvalue weighted by molar-refractivity contribution is -0.152. The summed E-state index contributed by atoms with van der Waals surface area (Å²) >= 11 is 0. The van der Waals surface area contributed by atoms with Crippen molar-refractivity contribution in [2.45, 2.75) is 30.0 Å². The number of fused-ring (bicyclic) bond motifs is 1. The van der Waals surface area contributed by atoms with Gasteiger partial charge in [-0.3, -0.25) is 9.59 Å². The maximum atomic E-state index is 12.3. The van der Waals surface area contributed by atoms with Gasteiger partial charge in [-0.05, 0) is 13.8 Å². The van der Waals surface area contributed by atoms with Gasteiger partial charge in [0.15, 0.2) is 21.3 Å². The molecule has 0 radical (unpaired) electrons. The van der Waals surface area contributed by atoms with Crippen LogP contribution >= 0.6 is 0 Å². The predicted octanol–water partition coefficient (Wildman–Crippen LogP) is -1.77. The molecule has 2 amide bonds. The van der Waals surface area contributed by atoms with Crippen LogP contribution in [0.15, 0.2) is 11.6 Å². The van der Waals surface area contributed by atoms with Crippen molar-refractivity contribution in [3.8, 4) is 0 Å². The van der Waals surface area contributed by atoms with E-state index in [4.69, 9.17) is 10.8 Å². The topological polar surface area (TPSA) is 135 Å². The van der Waals surface area contributed by atoms with Crippen molar-refractivity contribution in [3.05, 3.63) is 11.6 Å². The van der Waals surface area contributed by atoms with Crippen LogP contribution in [-0.2, 0) is 24.2 Å². The summed E-state index contributed by atoms with van der Waals surface area (Å²) < 4.78 is 22.9. The number of aliphatic carboxylic acids is 1. The third-order valence-corrected chi connectivity index (χ3v) is 6.25. The van der Waals surface area contributed by atoms with Crippen molar-refractivity contribution in [1.82, 2.24) is 4.90 Å². The molecule has 2 fully saturated rings. The average Bonchev–Trinajstić information content (AvgIpc) is 2.38. The Kier molecular flexibility index (Phi) is 2.54. The van der Waals surface area contributed by atoms with E-state index in [9.17, 15) is 22.8 Å². The molecule has 104 valence electrons. The standard InChI is InChI=1S/C10H12N2O6S/c1-10(2)6(9(15)16)12-7(14)4(3-5(11)13)8(12)19(10,17)18/h3,6,8H,1-2H3,(H2,11,13)(H,15,16)/b4-3-/t6-,8+/m0/s1. The number of carboxylic acids is 1. The minimum atomic E-state index is -3.94. The summed E-state index contributed by atoms with van der Waals surface area (Å²) in [7, 11) is -3.94.